The summed E-state index contributed by atoms with van der Waals surface area (Å²) >= 11 is 0. The summed E-state index contributed by atoms with van der Waals surface area (Å²) in [5, 5.41) is 0. The molecule has 0 N–H and O–H groups in total. The van der Waals surface area contributed by atoms with Gasteiger partial charge in [0.15, 0.2) is 6.29 Å². The van der Waals surface area contributed by atoms with Crippen molar-refractivity contribution < 1.29 is 28.4 Å². The van der Waals surface area contributed by atoms with Crippen molar-refractivity contribution in [1.82, 2.24) is 0 Å². The second-order valence-corrected chi connectivity index (χ2v) is 9.76. The van der Waals surface area contributed by atoms with E-state index in [1.165, 1.54) is 62.5 Å². The fraction of sp³-hybridized carbons (Fsp3) is 0.800. The zero-order chi connectivity index (χ0) is 25.5. The van der Waals surface area contributed by atoms with Gasteiger partial charge in [0, 0.05) is 6.61 Å². The summed E-state index contributed by atoms with van der Waals surface area (Å²) in [6, 6.07) is 8.91. The van der Waals surface area contributed by atoms with Crippen LogP contribution in [0.4, 0.5) is 0 Å². The van der Waals surface area contributed by atoms with Crippen molar-refractivity contribution in [3.05, 3.63) is 35.4 Å². The molecule has 0 aromatic heterocycles. The van der Waals surface area contributed by atoms with E-state index in [1.54, 1.807) is 0 Å². The minimum atomic E-state index is -0.0476. The van der Waals surface area contributed by atoms with E-state index >= 15 is 0 Å². The van der Waals surface area contributed by atoms with Gasteiger partial charge in [-0.1, -0.05) is 76.6 Å². The van der Waals surface area contributed by atoms with Gasteiger partial charge < -0.3 is 28.4 Å². The lowest BCUT2D eigenvalue weighted by molar-refractivity contribution is -0.169. The Morgan fingerprint density at radius 2 is 1.36 bits per heavy atom. The molecule has 0 aliphatic carbocycles. The summed E-state index contributed by atoms with van der Waals surface area (Å²) in [4.78, 5) is 0. The number of hydrogen-bond acceptors (Lipinski definition) is 6. The van der Waals surface area contributed by atoms with E-state index in [-0.39, 0.29) is 6.29 Å². The maximum absolute atomic E-state index is 5.75. The highest BCUT2D eigenvalue weighted by atomic mass is 16.7. The third-order valence-electron chi connectivity index (χ3n) is 6.59. The van der Waals surface area contributed by atoms with Crippen LogP contribution < -0.4 is 0 Å². The minimum absolute atomic E-state index is 0.0476. The molecule has 0 radical (unpaired) electrons. The molecular formula is C30H52O6. The average Bonchev–Trinajstić information content (AvgIpc) is 2.91. The largest absolute Gasteiger partial charge is 0.377 e. The van der Waals surface area contributed by atoms with Gasteiger partial charge in [0.25, 0.3) is 0 Å². The Labute approximate surface area is 220 Å². The van der Waals surface area contributed by atoms with Gasteiger partial charge in [-0.25, -0.2) is 0 Å². The quantitative estimate of drug-likeness (QED) is 0.154. The molecule has 2 unspecified atom stereocenters. The van der Waals surface area contributed by atoms with Crippen LogP contribution in [0.3, 0.4) is 0 Å². The van der Waals surface area contributed by atoms with Crippen LogP contribution in [0.15, 0.2) is 24.3 Å². The van der Waals surface area contributed by atoms with Gasteiger partial charge in [-0.3, -0.25) is 0 Å². The highest BCUT2D eigenvalue weighted by Crippen LogP contribution is 2.23. The zero-order valence-corrected chi connectivity index (χ0v) is 23.1. The Morgan fingerprint density at radius 1 is 0.750 bits per heavy atom. The van der Waals surface area contributed by atoms with Crippen molar-refractivity contribution >= 4 is 0 Å². The van der Waals surface area contributed by atoms with E-state index in [9.17, 15) is 0 Å². The Balaban J connectivity index is 1.34. The lowest BCUT2D eigenvalue weighted by Gasteiger charge is -2.22. The van der Waals surface area contributed by atoms with Crippen molar-refractivity contribution in [2.75, 3.05) is 59.5 Å². The molecule has 1 aliphatic rings. The molecule has 0 bridgehead atoms. The van der Waals surface area contributed by atoms with Crippen molar-refractivity contribution in [1.29, 1.82) is 0 Å². The predicted molar refractivity (Wildman–Crippen MR) is 145 cm³/mol. The maximum atomic E-state index is 5.75. The van der Waals surface area contributed by atoms with Crippen LogP contribution in [-0.4, -0.2) is 65.8 Å². The molecule has 1 saturated heterocycles. The molecule has 208 valence electrons. The third kappa shape index (κ3) is 16.0. The average molecular weight is 509 g/mol. The second kappa shape index (κ2) is 22.0. The SMILES string of the molecule is CCCCCCCCC(C)c1ccc(COCCOCCOCCOCCOC2CCCCO2)cc1. The van der Waals surface area contributed by atoms with E-state index in [1.807, 2.05) is 0 Å². The predicted octanol–water partition coefficient (Wildman–Crippen LogP) is 6.65. The summed E-state index contributed by atoms with van der Waals surface area (Å²) in [5.74, 6) is 0.628. The molecule has 1 aromatic rings. The molecule has 6 nitrogen and oxygen atoms in total. The first-order chi connectivity index (χ1) is 17.8. The van der Waals surface area contributed by atoms with E-state index in [0.717, 1.165) is 19.4 Å². The summed E-state index contributed by atoms with van der Waals surface area (Å²) in [7, 11) is 0. The summed E-state index contributed by atoms with van der Waals surface area (Å²) in [6.07, 6.45) is 12.7. The monoisotopic (exact) mass is 508 g/mol. The first kappa shape index (κ1) is 31.2. The van der Waals surface area contributed by atoms with E-state index in [4.69, 9.17) is 28.4 Å². The fourth-order valence-electron chi connectivity index (χ4n) is 4.27. The van der Waals surface area contributed by atoms with Crippen molar-refractivity contribution in [3.63, 3.8) is 0 Å². The molecule has 1 aromatic carbocycles. The van der Waals surface area contributed by atoms with Crippen molar-refractivity contribution in [3.8, 4) is 0 Å². The van der Waals surface area contributed by atoms with Gasteiger partial charge in [0.1, 0.15) is 0 Å². The molecule has 1 heterocycles. The Morgan fingerprint density at radius 3 is 2.00 bits per heavy atom. The van der Waals surface area contributed by atoms with Crippen molar-refractivity contribution in [2.45, 2.75) is 96.9 Å². The first-order valence-electron chi connectivity index (χ1n) is 14.4. The normalized spacial score (nSPS) is 16.9. The number of ether oxygens (including phenoxy) is 6. The van der Waals surface area contributed by atoms with Crippen LogP contribution in [0.5, 0.6) is 0 Å². The van der Waals surface area contributed by atoms with Gasteiger partial charge in [-0.15, -0.1) is 0 Å². The van der Waals surface area contributed by atoms with Crippen LogP contribution in [0.25, 0.3) is 0 Å². The summed E-state index contributed by atoms with van der Waals surface area (Å²) < 4.78 is 33.5. The second-order valence-electron chi connectivity index (χ2n) is 9.76. The molecule has 1 aliphatic heterocycles. The van der Waals surface area contributed by atoms with Crippen LogP contribution in [0, 0.1) is 0 Å². The molecule has 0 saturated carbocycles. The van der Waals surface area contributed by atoms with Gasteiger partial charge >= 0.3 is 0 Å². The van der Waals surface area contributed by atoms with Gasteiger partial charge in [0.05, 0.1) is 59.5 Å². The van der Waals surface area contributed by atoms with Crippen LogP contribution in [-0.2, 0) is 35.0 Å². The third-order valence-corrected chi connectivity index (χ3v) is 6.59. The Bertz CT molecular complexity index is 602. The van der Waals surface area contributed by atoms with Gasteiger partial charge in [0.2, 0.25) is 0 Å². The molecule has 1 fully saturated rings. The van der Waals surface area contributed by atoms with Crippen LogP contribution in [0.2, 0.25) is 0 Å². The number of rotatable bonds is 23. The van der Waals surface area contributed by atoms with Crippen molar-refractivity contribution in [2.24, 2.45) is 0 Å². The van der Waals surface area contributed by atoms with E-state index in [0.29, 0.717) is 65.4 Å². The minimum Gasteiger partial charge on any atom is -0.377 e. The molecule has 2 atom stereocenters. The lowest BCUT2D eigenvalue weighted by Crippen LogP contribution is -2.24. The number of benzene rings is 1. The number of unbranched alkanes of at least 4 members (excludes halogenated alkanes) is 5. The maximum Gasteiger partial charge on any atom is 0.157 e. The molecular weight excluding hydrogens is 456 g/mol. The molecule has 0 spiro atoms. The molecule has 6 heteroatoms. The highest BCUT2D eigenvalue weighted by Gasteiger charge is 2.13. The summed E-state index contributed by atoms with van der Waals surface area (Å²) in [5.41, 5.74) is 2.65. The lowest BCUT2D eigenvalue weighted by atomic mass is 9.94. The number of hydrogen-bond donors (Lipinski definition) is 0. The van der Waals surface area contributed by atoms with Crippen LogP contribution >= 0.6 is 0 Å². The Kier molecular flexibility index (Phi) is 19.1. The van der Waals surface area contributed by atoms with E-state index < -0.39 is 0 Å². The smallest absolute Gasteiger partial charge is 0.157 e. The molecule has 0 amide bonds. The first-order valence-corrected chi connectivity index (χ1v) is 14.4. The fourth-order valence-corrected chi connectivity index (χ4v) is 4.27. The molecule has 36 heavy (non-hydrogen) atoms. The van der Waals surface area contributed by atoms with Gasteiger partial charge in [-0.05, 0) is 42.7 Å². The Hall–Kier alpha value is -1.02. The topological polar surface area (TPSA) is 55.4 Å². The van der Waals surface area contributed by atoms with Gasteiger partial charge in [-0.2, -0.15) is 0 Å². The highest BCUT2D eigenvalue weighted by molar-refractivity contribution is 5.24. The zero-order valence-electron chi connectivity index (χ0n) is 23.1. The van der Waals surface area contributed by atoms with E-state index in [2.05, 4.69) is 38.1 Å². The molecule has 2 rings (SSSR count). The summed E-state index contributed by atoms with van der Waals surface area (Å²) in [6.45, 7) is 10.6. The van der Waals surface area contributed by atoms with Crippen LogP contribution in [0.1, 0.15) is 95.1 Å². The standard InChI is InChI=1S/C30H52O6/c1-3-4-5-6-7-8-11-27(2)29-15-13-28(14-16-29)26-34-23-22-32-19-18-31-20-21-33-24-25-36-30-12-9-10-17-35-30/h13-16,27,30H,3-12,17-26H2,1-2H3.